The van der Waals surface area contributed by atoms with E-state index in [1.54, 1.807) is 6.07 Å². The van der Waals surface area contributed by atoms with Gasteiger partial charge in [0.05, 0.1) is 12.7 Å². The molecule has 1 aromatic heterocycles. The zero-order chi connectivity index (χ0) is 17.0. The predicted octanol–water partition coefficient (Wildman–Crippen LogP) is 2.52. The summed E-state index contributed by atoms with van der Waals surface area (Å²) in [7, 11) is 0. The summed E-state index contributed by atoms with van der Waals surface area (Å²) < 4.78 is 39.8. The summed E-state index contributed by atoms with van der Waals surface area (Å²) in [6.45, 7) is 1.46. The Labute approximate surface area is 138 Å². The molecule has 0 amide bonds. The number of aliphatic hydroxyl groups is 2. The second-order valence-electron chi connectivity index (χ2n) is 4.89. The van der Waals surface area contributed by atoms with Gasteiger partial charge in [0.2, 0.25) is 0 Å². The van der Waals surface area contributed by atoms with Crippen LogP contribution in [0.5, 0.6) is 0 Å². The Bertz CT molecular complexity index is 675. The monoisotopic (exact) mass is 343 g/mol. The predicted molar refractivity (Wildman–Crippen MR) is 85.0 cm³/mol. The van der Waals surface area contributed by atoms with Gasteiger partial charge in [-0.05, 0) is 18.6 Å². The smallest absolute Gasteiger partial charge is 0.194 e. The number of anilines is 1. The van der Waals surface area contributed by atoms with E-state index in [1.807, 2.05) is 6.92 Å². The first-order valence-electron chi connectivity index (χ1n) is 7.00. The van der Waals surface area contributed by atoms with E-state index in [0.717, 1.165) is 12.1 Å². The first-order chi connectivity index (χ1) is 10.9. The van der Waals surface area contributed by atoms with Crippen LogP contribution in [-0.4, -0.2) is 39.4 Å². The fourth-order valence-corrected chi connectivity index (χ4v) is 1.87. The Morgan fingerprint density at radius 3 is 2.29 bits per heavy atom. The van der Waals surface area contributed by atoms with Crippen molar-refractivity contribution in [3.8, 4) is 11.4 Å². The third-order valence-electron chi connectivity index (χ3n) is 3.11. The largest absolute Gasteiger partial charge is 0.394 e. The highest BCUT2D eigenvalue weighted by atomic mass is 19.2. The molecule has 0 aliphatic rings. The number of rotatable bonds is 6. The molecule has 0 bridgehead atoms. The molecule has 0 unspecified atom stereocenters. The van der Waals surface area contributed by atoms with E-state index in [2.05, 4.69) is 15.3 Å². The van der Waals surface area contributed by atoms with Crippen molar-refractivity contribution in [1.29, 1.82) is 0 Å². The number of hydrogen-bond donors (Lipinski definition) is 3. The lowest BCUT2D eigenvalue weighted by molar-refractivity contribution is 0.105. The van der Waals surface area contributed by atoms with E-state index < -0.39 is 30.2 Å². The van der Waals surface area contributed by atoms with Crippen molar-refractivity contribution in [1.82, 2.24) is 9.97 Å². The number of nitrogens with zero attached hydrogens (tertiary/aromatic N) is 2. The minimum atomic E-state index is -1.55. The first kappa shape index (κ1) is 19.9. The van der Waals surface area contributed by atoms with Gasteiger partial charge in [-0.3, -0.25) is 0 Å². The molecule has 132 valence electrons. The second kappa shape index (κ2) is 8.60. The highest BCUT2D eigenvalue weighted by molar-refractivity contribution is 5.58. The van der Waals surface area contributed by atoms with Crippen molar-refractivity contribution in [2.45, 2.75) is 26.9 Å². The number of aryl methyl sites for hydroxylation is 1. The van der Waals surface area contributed by atoms with Crippen molar-refractivity contribution in [2.24, 2.45) is 0 Å². The molecule has 1 heterocycles. The Morgan fingerprint density at radius 1 is 1.12 bits per heavy atom. The third-order valence-corrected chi connectivity index (χ3v) is 3.11. The molecule has 0 aliphatic carbocycles. The molecule has 0 fully saturated rings. The molecule has 0 aliphatic heterocycles. The van der Waals surface area contributed by atoms with E-state index in [-0.39, 0.29) is 25.4 Å². The highest BCUT2D eigenvalue weighted by Gasteiger charge is 2.14. The Morgan fingerprint density at radius 2 is 1.75 bits per heavy atom. The van der Waals surface area contributed by atoms with Gasteiger partial charge in [0.25, 0.3) is 0 Å². The summed E-state index contributed by atoms with van der Waals surface area (Å²) >= 11 is 0. The Hall–Kier alpha value is -2.19. The van der Waals surface area contributed by atoms with Gasteiger partial charge >= 0.3 is 0 Å². The highest BCUT2D eigenvalue weighted by Crippen LogP contribution is 2.22. The van der Waals surface area contributed by atoms with E-state index in [4.69, 9.17) is 5.11 Å². The molecule has 2 aromatic rings. The quantitative estimate of drug-likeness (QED) is 0.703. The summed E-state index contributed by atoms with van der Waals surface area (Å²) in [6, 6.07) is 3.25. The minimum absolute atomic E-state index is 0. The van der Waals surface area contributed by atoms with E-state index in [9.17, 15) is 18.3 Å². The average molecular weight is 343 g/mol. The van der Waals surface area contributed by atoms with Gasteiger partial charge in [-0.15, -0.1) is 0 Å². The maximum absolute atomic E-state index is 13.4. The van der Waals surface area contributed by atoms with Gasteiger partial charge in [0.1, 0.15) is 5.82 Å². The molecule has 24 heavy (non-hydrogen) atoms. The normalized spacial score (nSPS) is 11.8. The summed E-state index contributed by atoms with van der Waals surface area (Å²) in [5.74, 6) is -3.84. The molecule has 1 aromatic carbocycles. The average Bonchev–Trinajstić information content (AvgIpc) is 2.56. The van der Waals surface area contributed by atoms with Gasteiger partial charge < -0.3 is 15.5 Å². The Balaban J connectivity index is 0.00000288. The molecule has 1 atom stereocenters. The van der Waals surface area contributed by atoms with Crippen LogP contribution in [0.3, 0.4) is 0 Å². The van der Waals surface area contributed by atoms with Gasteiger partial charge in [0, 0.05) is 23.9 Å². The lowest BCUT2D eigenvalue weighted by Crippen LogP contribution is -2.23. The summed E-state index contributed by atoms with van der Waals surface area (Å²) in [5.41, 5.74) is 0.601. The molecule has 8 heteroatoms. The summed E-state index contributed by atoms with van der Waals surface area (Å²) in [5, 5.41) is 20.9. The van der Waals surface area contributed by atoms with Gasteiger partial charge in [0.15, 0.2) is 23.3 Å². The molecule has 0 saturated carbocycles. The number of aromatic nitrogens is 2. The van der Waals surface area contributed by atoms with Crippen molar-refractivity contribution in [2.75, 3.05) is 18.5 Å². The number of hydrogen-bond acceptors (Lipinski definition) is 5. The molecule has 5 nitrogen and oxygen atoms in total. The van der Waals surface area contributed by atoms with Crippen LogP contribution in [0.1, 0.15) is 20.0 Å². The topological polar surface area (TPSA) is 78.3 Å². The van der Waals surface area contributed by atoms with Crippen molar-refractivity contribution < 1.29 is 23.4 Å². The van der Waals surface area contributed by atoms with Crippen molar-refractivity contribution in [3.05, 3.63) is 41.3 Å². The Kier molecular flexibility index (Phi) is 7.12. The van der Waals surface area contributed by atoms with Crippen LogP contribution in [0.25, 0.3) is 11.4 Å². The standard InChI is InChI=1S/C15H16F3N3O2.CH4/c1-2-9-5-13(19-6-10(23)7-22)21-15(20-9)8-3-11(16)14(18)12(17)4-8;/h3-5,10,22-23H,2,6-7H2,1H3,(H,19,20,21);1H4/t10-;/m1./s1. The molecule has 0 spiro atoms. The number of halogens is 3. The van der Waals surface area contributed by atoms with Gasteiger partial charge in [-0.2, -0.15) is 0 Å². The van der Waals surface area contributed by atoms with Crippen LogP contribution in [0, 0.1) is 17.5 Å². The van der Waals surface area contributed by atoms with Crippen LogP contribution in [0.15, 0.2) is 18.2 Å². The fraction of sp³-hybridized carbons (Fsp3) is 0.375. The number of benzene rings is 1. The number of aliphatic hydroxyl groups excluding tert-OH is 2. The molecule has 0 radical (unpaired) electrons. The maximum atomic E-state index is 13.4. The van der Waals surface area contributed by atoms with Crippen molar-refractivity contribution in [3.63, 3.8) is 0 Å². The molecule has 2 rings (SSSR count). The molecule has 0 saturated heterocycles. The van der Waals surface area contributed by atoms with Gasteiger partial charge in [-0.1, -0.05) is 14.4 Å². The van der Waals surface area contributed by atoms with Crippen LogP contribution >= 0.6 is 0 Å². The SMILES string of the molecule is C.CCc1cc(NC[C@@H](O)CO)nc(-c2cc(F)c(F)c(F)c2)n1. The first-order valence-corrected chi connectivity index (χ1v) is 7.00. The summed E-state index contributed by atoms with van der Waals surface area (Å²) in [6.07, 6.45) is -0.432. The van der Waals surface area contributed by atoms with Crippen LogP contribution in [0.2, 0.25) is 0 Å². The van der Waals surface area contributed by atoms with Crippen LogP contribution in [0.4, 0.5) is 19.0 Å². The fourth-order valence-electron chi connectivity index (χ4n) is 1.87. The molecule has 3 N–H and O–H groups in total. The second-order valence-corrected chi connectivity index (χ2v) is 4.89. The van der Waals surface area contributed by atoms with Gasteiger partial charge in [-0.25, -0.2) is 23.1 Å². The minimum Gasteiger partial charge on any atom is -0.394 e. The molecular weight excluding hydrogens is 323 g/mol. The van der Waals surface area contributed by atoms with Crippen molar-refractivity contribution >= 4 is 5.82 Å². The van der Waals surface area contributed by atoms with E-state index in [1.165, 1.54) is 0 Å². The lowest BCUT2D eigenvalue weighted by Gasteiger charge is -2.12. The van der Waals surface area contributed by atoms with Crippen LogP contribution in [-0.2, 0) is 6.42 Å². The van der Waals surface area contributed by atoms with E-state index >= 15 is 0 Å². The lowest BCUT2D eigenvalue weighted by atomic mass is 10.2. The summed E-state index contributed by atoms with van der Waals surface area (Å²) in [4.78, 5) is 8.26. The third kappa shape index (κ3) is 4.65. The zero-order valence-corrected chi connectivity index (χ0v) is 12.4. The maximum Gasteiger partial charge on any atom is 0.194 e. The van der Waals surface area contributed by atoms with Crippen LogP contribution < -0.4 is 5.32 Å². The number of nitrogens with one attached hydrogen (secondary N) is 1. The molecular formula is C16H20F3N3O2. The van der Waals surface area contributed by atoms with E-state index in [0.29, 0.717) is 17.9 Å². The zero-order valence-electron chi connectivity index (χ0n) is 12.4.